The molecule has 4 nitrogen and oxygen atoms in total. The smallest absolute Gasteiger partial charge is 0.222 e. The van der Waals surface area contributed by atoms with Crippen molar-refractivity contribution < 1.29 is 4.79 Å². The molecule has 0 aliphatic carbocycles. The largest absolute Gasteiger partial charge is 0.340 e. The van der Waals surface area contributed by atoms with Gasteiger partial charge in [0.15, 0.2) is 0 Å². The zero-order valence-corrected chi connectivity index (χ0v) is 15.3. The second-order valence-corrected chi connectivity index (χ2v) is 8.00. The zero-order valence-electron chi connectivity index (χ0n) is 15.3. The first-order valence-corrected chi connectivity index (χ1v) is 9.10. The molecule has 1 amide bonds. The molecule has 2 saturated heterocycles. The van der Waals surface area contributed by atoms with Crippen LogP contribution in [0, 0.1) is 5.92 Å². The van der Waals surface area contributed by atoms with Gasteiger partial charge in [-0.2, -0.15) is 0 Å². The highest BCUT2D eigenvalue weighted by atomic mass is 16.2. The van der Waals surface area contributed by atoms with E-state index in [4.69, 9.17) is 0 Å². The molecule has 22 heavy (non-hydrogen) atoms. The summed E-state index contributed by atoms with van der Waals surface area (Å²) < 4.78 is 0. The minimum atomic E-state index is 0.109. The van der Waals surface area contributed by atoms with E-state index in [2.05, 4.69) is 42.4 Å². The summed E-state index contributed by atoms with van der Waals surface area (Å²) >= 11 is 0. The highest BCUT2D eigenvalue weighted by Crippen LogP contribution is 2.26. The lowest BCUT2D eigenvalue weighted by Gasteiger charge is -2.49. The van der Waals surface area contributed by atoms with E-state index >= 15 is 0 Å². The van der Waals surface area contributed by atoms with Gasteiger partial charge in [-0.1, -0.05) is 6.92 Å². The molecule has 4 heteroatoms. The second-order valence-electron chi connectivity index (χ2n) is 8.00. The number of piperazine rings is 1. The van der Waals surface area contributed by atoms with Gasteiger partial charge >= 0.3 is 0 Å². The molecule has 0 bridgehead atoms. The molecule has 0 saturated carbocycles. The van der Waals surface area contributed by atoms with Crippen LogP contribution in [0.3, 0.4) is 0 Å². The van der Waals surface area contributed by atoms with E-state index < -0.39 is 0 Å². The Balaban J connectivity index is 1.85. The van der Waals surface area contributed by atoms with Gasteiger partial charge in [0.2, 0.25) is 5.91 Å². The minimum absolute atomic E-state index is 0.109. The van der Waals surface area contributed by atoms with Crippen LogP contribution in [0.25, 0.3) is 0 Å². The summed E-state index contributed by atoms with van der Waals surface area (Å²) in [6.07, 6.45) is 3.27. The fourth-order valence-corrected chi connectivity index (χ4v) is 3.93. The summed E-state index contributed by atoms with van der Waals surface area (Å²) in [4.78, 5) is 19.2. The lowest BCUT2D eigenvalue weighted by atomic mass is 9.91. The van der Waals surface area contributed by atoms with Crippen LogP contribution in [-0.4, -0.2) is 71.5 Å². The Kier molecular flexibility index (Phi) is 5.89. The van der Waals surface area contributed by atoms with Crippen molar-refractivity contribution in [3.63, 3.8) is 0 Å². The lowest BCUT2D eigenvalue weighted by Crippen LogP contribution is -2.61. The lowest BCUT2D eigenvalue weighted by molar-refractivity contribution is -0.136. The summed E-state index contributed by atoms with van der Waals surface area (Å²) in [6.45, 7) is 17.7. The van der Waals surface area contributed by atoms with Crippen molar-refractivity contribution >= 4 is 5.91 Å². The van der Waals surface area contributed by atoms with E-state index in [1.165, 1.54) is 32.5 Å². The molecular formula is C18H35N3O. The highest BCUT2D eigenvalue weighted by molar-refractivity contribution is 5.76. The number of likely N-dealkylation sites (tertiary alicyclic amines) is 1. The van der Waals surface area contributed by atoms with E-state index in [1.54, 1.807) is 0 Å². The van der Waals surface area contributed by atoms with Crippen LogP contribution in [0.15, 0.2) is 0 Å². The normalized spacial score (nSPS) is 24.9. The quantitative estimate of drug-likeness (QED) is 0.798. The Labute approximate surface area is 136 Å². The summed E-state index contributed by atoms with van der Waals surface area (Å²) in [6, 6.07) is 0.681. The fourth-order valence-electron chi connectivity index (χ4n) is 3.93. The van der Waals surface area contributed by atoms with Crippen LogP contribution < -0.4 is 0 Å². The molecule has 2 rings (SSSR count). The third-order valence-electron chi connectivity index (χ3n) is 5.59. The van der Waals surface area contributed by atoms with Gasteiger partial charge < -0.3 is 9.80 Å². The predicted octanol–water partition coefficient (Wildman–Crippen LogP) is 2.44. The first kappa shape index (κ1) is 17.7. The molecule has 0 aromatic heterocycles. The van der Waals surface area contributed by atoms with E-state index in [1.807, 2.05) is 6.92 Å². The standard InChI is InChI=1S/C18H35N3O/c1-6-17(22)20-11-12-21(18(4,5)14-20)13-16-7-9-19(10-8-16)15(2)3/h15-16H,6-14H2,1-5H3. The number of rotatable bonds is 4. The number of carbonyl (C=O) groups is 1. The van der Waals surface area contributed by atoms with Gasteiger partial charge in [0, 0.05) is 44.2 Å². The number of hydrogen-bond donors (Lipinski definition) is 0. The molecule has 0 spiro atoms. The number of amides is 1. The Morgan fingerprint density at radius 1 is 1.14 bits per heavy atom. The highest BCUT2D eigenvalue weighted by Gasteiger charge is 2.36. The average molecular weight is 309 g/mol. The molecule has 0 N–H and O–H groups in total. The molecule has 2 aliphatic heterocycles. The molecule has 0 aromatic carbocycles. The van der Waals surface area contributed by atoms with Crippen LogP contribution in [0.5, 0.6) is 0 Å². The van der Waals surface area contributed by atoms with Gasteiger partial charge in [-0.15, -0.1) is 0 Å². The Hall–Kier alpha value is -0.610. The van der Waals surface area contributed by atoms with Crippen LogP contribution in [0.2, 0.25) is 0 Å². The first-order valence-electron chi connectivity index (χ1n) is 9.10. The van der Waals surface area contributed by atoms with Crippen LogP contribution in [-0.2, 0) is 4.79 Å². The molecule has 128 valence electrons. The fraction of sp³-hybridized carbons (Fsp3) is 0.944. The van der Waals surface area contributed by atoms with E-state index in [0.29, 0.717) is 18.4 Å². The van der Waals surface area contributed by atoms with Gasteiger partial charge in [0.05, 0.1) is 0 Å². The van der Waals surface area contributed by atoms with Gasteiger partial charge in [-0.25, -0.2) is 0 Å². The van der Waals surface area contributed by atoms with Crippen LogP contribution in [0.1, 0.15) is 53.9 Å². The monoisotopic (exact) mass is 309 g/mol. The van der Waals surface area contributed by atoms with Crippen molar-refractivity contribution in [2.45, 2.75) is 65.5 Å². The van der Waals surface area contributed by atoms with Crippen molar-refractivity contribution in [2.24, 2.45) is 5.92 Å². The van der Waals surface area contributed by atoms with Gasteiger partial charge in [0.1, 0.15) is 0 Å². The van der Waals surface area contributed by atoms with Gasteiger partial charge in [-0.3, -0.25) is 9.69 Å². The minimum Gasteiger partial charge on any atom is -0.340 e. The van der Waals surface area contributed by atoms with Crippen LogP contribution in [0.4, 0.5) is 0 Å². The third-order valence-corrected chi connectivity index (χ3v) is 5.59. The Morgan fingerprint density at radius 3 is 2.27 bits per heavy atom. The molecular weight excluding hydrogens is 274 g/mol. The topological polar surface area (TPSA) is 26.8 Å². The van der Waals surface area contributed by atoms with Crippen molar-refractivity contribution in [3.05, 3.63) is 0 Å². The molecule has 0 aromatic rings. The molecule has 2 aliphatic rings. The van der Waals surface area contributed by atoms with Crippen LogP contribution >= 0.6 is 0 Å². The van der Waals surface area contributed by atoms with Crippen molar-refractivity contribution in [1.29, 1.82) is 0 Å². The number of carbonyl (C=O) groups excluding carboxylic acids is 1. The van der Waals surface area contributed by atoms with Crippen molar-refractivity contribution in [1.82, 2.24) is 14.7 Å². The number of nitrogens with zero attached hydrogens (tertiary/aromatic N) is 3. The zero-order chi connectivity index (χ0) is 16.3. The predicted molar refractivity (Wildman–Crippen MR) is 92.0 cm³/mol. The summed E-state index contributed by atoms with van der Waals surface area (Å²) in [5, 5.41) is 0. The molecule has 0 radical (unpaired) electrons. The summed E-state index contributed by atoms with van der Waals surface area (Å²) in [7, 11) is 0. The van der Waals surface area contributed by atoms with Gasteiger partial charge in [-0.05, 0) is 59.5 Å². The van der Waals surface area contributed by atoms with E-state index in [-0.39, 0.29) is 5.54 Å². The maximum Gasteiger partial charge on any atom is 0.222 e. The Morgan fingerprint density at radius 2 is 1.77 bits per heavy atom. The molecule has 2 fully saturated rings. The van der Waals surface area contributed by atoms with Gasteiger partial charge in [0.25, 0.3) is 0 Å². The maximum atomic E-state index is 12.0. The van der Waals surface area contributed by atoms with Crippen molar-refractivity contribution in [3.8, 4) is 0 Å². The van der Waals surface area contributed by atoms with E-state index in [0.717, 1.165) is 25.6 Å². The SMILES string of the molecule is CCC(=O)N1CCN(CC2CCN(C(C)C)CC2)C(C)(C)C1. The van der Waals surface area contributed by atoms with Crippen molar-refractivity contribution in [2.75, 3.05) is 39.3 Å². The summed E-state index contributed by atoms with van der Waals surface area (Å²) in [5.41, 5.74) is 0.109. The third kappa shape index (κ3) is 4.23. The maximum absolute atomic E-state index is 12.0. The van der Waals surface area contributed by atoms with E-state index in [9.17, 15) is 4.79 Å². The first-order chi connectivity index (χ1) is 10.3. The molecule has 2 heterocycles. The molecule has 0 unspecified atom stereocenters. The second kappa shape index (κ2) is 7.31. The molecule has 0 atom stereocenters. The number of piperidine rings is 1. The Bertz CT molecular complexity index is 373. The average Bonchev–Trinajstić information content (AvgIpc) is 2.48. The summed E-state index contributed by atoms with van der Waals surface area (Å²) in [5.74, 6) is 1.13. The number of hydrogen-bond acceptors (Lipinski definition) is 3.